The number of fused-ring (bicyclic) bond motifs is 1. The van der Waals surface area contributed by atoms with Crippen LogP contribution in [0.1, 0.15) is 29.9 Å². The summed E-state index contributed by atoms with van der Waals surface area (Å²) in [6.45, 7) is 4.24. The van der Waals surface area contributed by atoms with E-state index in [0.29, 0.717) is 17.8 Å². The molecule has 2 heterocycles. The van der Waals surface area contributed by atoms with Gasteiger partial charge in [-0.25, -0.2) is 9.37 Å². The quantitative estimate of drug-likeness (QED) is 0.535. The molecule has 0 aliphatic heterocycles. The van der Waals surface area contributed by atoms with Crippen molar-refractivity contribution < 1.29 is 13.6 Å². The van der Waals surface area contributed by atoms with E-state index in [9.17, 15) is 9.18 Å². The summed E-state index contributed by atoms with van der Waals surface area (Å²) in [5.74, 6) is -0.338. The van der Waals surface area contributed by atoms with Crippen molar-refractivity contribution in [1.82, 2.24) is 15.3 Å². The second kappa shape index (κ2) is 7.47. The van der Waals surface area contributed by atoms with Gasteiger partial charge in [0.15, 0.2) is 0 Å². The summed E-state index contributed by atoms with van der Waals surface area (Å²) in [6.07, 6.45) is 3.13. The number of halogens is 1. The molecular formula is C23H20FN3O2. The van der Waals surface area contributed by atoms with Gasteiger partial charge in [-0.3, -0.25) is 9.78 Å². The van der Waals surface area contributed by atoms with Crippen molar-refractivity contribution in [2.24, 2.45) is 0 Å². The van der Waals surface area contributed by atoms with Crippen LogP contribution in [0.3, 0.4) is 0 Å². The lowest BCUT2D eigenvalue weighted by Crippen LogP contribution is -2.37. The smallest absolute Gasteiger partial charge is 0.251 e. The second-order valence-corrected chi connectivity index (χ2v) is 7.50. The number of carbonyl (C=O) groups excluding carboxylic acids is 1. The second-order valence-electron chi connectivity index (χ2n) is 7.50. The van der Waals surface area contributed by atoms with E-state index < -0.39 is 11.2 Å². The van der Waals surface area contributed by atoms with Gasteiger partial charge < -0.3 is 9.73 Å². The van der Waals surface area contributed by atoms with Gasteiger partial charge in [0.05, 0.1) is 5.69 Å². The molecule has 0 saturated heterocycles. The molecule has 0 atom stereocenters. The van der Waals surface area contributed by atoms with Crippen molar-refractivity contribution in [2.45, 2.75) is 19.3 Å². The molecule has 2 aromatic heterocycles. The summed E-state index contributed by atoms with van der Waals surface area (Å²) in [5, 5.41) is 3.46. The monoisotopic (exact) mass is 389 g/mol. The first-order valence-electron chi connectivity index (χ1n) is 9.28. The number of nitrogens with one attached hydrogen (secondary N) is 1. The molecule has 4 aromatic rings. The number of amides is 1. The molecule has 0 aliphatic carbocycles. The highest BCUT2D eigenvalue weighted by atomic mass is 19.1. The lowest BCUT2D eigenvalue weighted by molar-refractivity contribution is 0.0945. The number of oxazole rings is 1. The first-order chi connectivity index (χ1) is 13.9. The minimum atomic E-state index is -0.517. The van der Waals surface area contributed by atoms with E-state index in [0.717, 1.165) is 11.3 Å². The zero-order valence-corrected chi connectivity index (χ0v) is 16.1. The molecule has 5 nitrogen and oxygen atoms in total. The van der Waals surface area contributed by atoms with Crippen molar-refractivity contribution in [2.75, 3.05) is 6.54 Å². The molecule has 6 heteroatoms. The van der Waals surface area contributed by atoms with E-state index in [1.165, 1.54) is 12.3 Å². The molecular weight excluding hydrogens is 369 g/mol. The highest BCUT2D eigenvalue weighted by molar-refractivity contribution is 5.98. The average Bonchev–Trinajstić information content (AvgIpc) is 3.24. The Morgan fingerprint density at radius 2 is 1.93 bits per heavy atom. The van der Waals surface area contributed by atoms with Crippen LogP contribution in [-0.2, 0) is 5.41 Å². The Morgan fingerprint density at radius 1 is 1.14 bits per heavy atom. The molecule has 4 rings (SSSR count). The topological polar surface area (TPSA) is 68.0 Å². The summed E-state index contributed by atoms with van der Waals surface area (Å²) in [4.78, 5) is 21.2. The highest BCUT2D eigenvalue weighted by Crippen LogP contribution is 2.26. The van der Waals surface area contributed by atoms with Crippen LogP contribution < -0.4 is 5.32 Å². The van der Waals surface area contributed by atoms with Crippen LogP contribution in [0.4, 0.5) is 4.39 Å². The van der Waals surface area contributed by atoms with Gasteiger partial charge in [-0.05, 0) is 30.3 Å². The molecule has 0 unspecified atom stereocenters. The summed E-state index contributed by atoms with van der Waals surface area (Å²) >= 11 is 0. The van der Waals surface area contributed by atoms with Crippen LogP contribution in [0.15, 0.2) is 71.5 Å². The highest BCUT2D eigenvalue weighted by Gasteiger charge is 2.26. The summed E-state index contributed by atoms with van der Waals surface area (Å²) in [5.41, 5.74) is 1.65. The van der Waals surface area contributed by atoms with Gasteiger partial charge in [0.25, 0.3) is 5.91 Å². The van der Waals surface area contributed by atoms with Gasteiger partial charge in [0.2, 0.25) is 5.89 Å². The largest absolute Gasteiger partial charge is 0.444 e. The first-order valence-corrected chi connectivity index (χ1v) is 9.28. The number of carbonyl (C=O) groups is 1. The van der Waals surface area contributed by atoms with E-state index in [1.54, 1.807) is 24.5 Å². The lowest BCUT2D eigenvalue weighted by atomic mass is 9.90. The summed E-state index contributed by atoms with van der Waals surface area (Å²) in [6, 6.07) is 15.9. The summed E-state index contributed by atoms with van der Waals surface area (Å²) in [7, 11) is 0. The van der Waals surface area contributed by atoms with Gasteiger partial charge >= 0.3 is 0 Å². The molecule has 0 saturated carbocycles. The van der Waals surface area contributed by atoms with Gasteiger partial charge in [0.1, 0.15) is 17.6 Å². The maximum atomic E-state index is 14.2. The number of hydrogen-bond acceptors (Lipinski definition) is 4. The Morgan fingerprint density at radius 3 is 2.72 bits per heavy atom. The molecule has 0 aliphatic rings. The SMILES string of the molecule is CC(C)(CNC(=O)c1cc(F)c2ncccc2c1)c1coc(-c2ccccc2)n1. The number of hydrogen-bond donors (Lipinski definition) is 1. The van der Waals surface area contributed by atoms with E-state index in [1.807, 2.05) is 44.2 Å². The molecule has 2 aromatic carbocycles. The Labute approximate surface area is 167 Å². The molecule has 0 spiro atoms. The molecule has 0 fully saturated rings. The maximum absolute atomic E-state index is 14.2. The van der Waals surface area contributed by atoms with Gasteiger partial charge in [-0.2, -0.15) is 0 Å². The van der Waals surface area contributed by atoms with Crippen LogP contribution >= 0.6 is 0 Å². The van der Waals surface area contributed by atoms with Crippen molar-refractivity contribution in [1.29, 1.82) is 0 Å². The van der Waals surface area contributed by atoms with Crippen LogP contribution in [0.25, 0.3) is 22.4 Å². The van der Waals surface area contributed by atoms with Crippen molar-refractivity contribution in [3.63, 3.8) is 0 Å². The first kappa shape index (κ1) is 18.8. The maximum Gasteiger partial charge on any atom is 0.251 e. The third kappa shape index (κ3) is 3.87. The lowest BCUT2D eigenvalue weighted by Gasteiger charge is -2.22. The van der Waals surface area contributed by atoms with Gasteiger partial charge in [0, 0.05) is 34.7 Å². The van der Waals surface area contributed by atoms with E-state index in [2.05, 4.69) is 15.3 Å². The van der Waals surface area contributed by atoms with Crippen LogP contribution in [0.5, 0.6) is 0 Å². The van der Waals surface area contributed by atoms with Crippen molar-refractivity contribution in [3.05, 3.63) is 84.1 Å². The molecule has 0 radical (unpaired) electrons. The minimum absolute atomic E-state index is 0.250. The number of benzene rings is 2. The number of nitrogens with zero attached hydrogens (tertiary/aromatic N) is 2. The Balaban J connectivity index is 1.49. The fourth-order valence-electron chi connectivity index (χ4n) is 3.07. The summed E-state index contributed by atoms with van der Waals surface area (Å²) < 4.78 is 19.9. The van der Waals surface area contributed by atoms with Crippen molar-refractivity contribution >= 4 is 16.8 Å². The predicted octanol–water partition coefficient (Wildman–Crippen LogP) is 4.74. The van der Waals surface area contributed by atoms with Crippen LogP contribution in [0, 0.1) is 5.82 Å². The predicted molar refractivity (Wildman–Crippen MR) is 109 cm³/mol. The van der Waals surface area contributed by atoms with E-state index in [-0.39, 0.29) is 17.0 Å². The van der Waals surface area contributed by atoms with Crippen LogP contribution in [0.2, 0.25) is 0 Å². The fourth-order valence-corrected chi connectivity index (χ4v) is 3.07. The molecule has 0 bridgehead atoms. The molecule has 146 valence electrons. The normalized spacial score (nSPS) is 11.6. The third-order valence-electron chi connectivity index (χ3n) is 4.83. The zero-order valence-electron chi connectivity index (χ0n) is 16.1. The average molecular weight is 389 g/mol. The van der Waals surface area contributed by atoms with Gasteiger partial charge in [-0.1, -0.05) is 38.1 Å². The van der Waals surface area contributed by atoms with E-state index >= 15 is 0 Å². The number of pyridine rings is 1. The molecule has 29 heavy (non-hydrogen) atoms. The Hall–Kier alpha value is -3.54. The molecule has 1 amide bonds. The molecule has 1 N–H and O–H groups in total. The fraction of sp³-hybridized carbons (Fsp3) is 0.174. The number of aromatic nitrogens is 2. The van der Waals surface area contributed by atoms with Gasteiger partial charge in [-0.15, -0.1) is 0 Å². The Bertz CT molecular complexity index is 1170. The van der Waals surface area contributed by atoms with Crippen LogP contribution in [-0.4, -0.2) is 22.4 Å². The minimum Gasteiger partial charge on any atom is -0.444 e. The van der Waals surface area contributed by atoms with E-state index in [4.69, 9.17) is 4.42 Å². The standard InChI is InChI=1S/C23H20FN3O2/c1-23(2,19-13-29-22(27-19)15-7-4-3-5-8-15)14-26-21(28)17-11-16-9-6-10-25-20(16)18(24)12-17/h3-13H,14H2,1-2H3,(H,26,28). The number of rotatable bonds is 5. The third-order valence-corrected chi connectivity index (χ3v) is 4.83. The zero-order chi connectivity index (χ0) is 20.4. The Kier molecular flexibility index (Phi) is 4.84. The van der Waals surface area contributed by atoms with Crippen molar-refractivity contribution in [3.8, 4) is 11.5 Å².